The summed E-state index contributed by atoms with van der Waals surface area (Å²) in [5.41, 5.74) is 0. The van der Waals surface area contributed by atoms with Crippen LogP contribution < -0.4 is 0 Å². The molecular formula is C8H18Cl4P2. The monoisotopic (exact) mass is 316 g/mol. The van der Waals surface area contributed by atoms with E-state index in [0.29, 0.717) is 23.5 Å². The molecular weight excluding hydrogens is 300 g/mol. The third-order valence-electron chi connectivity index (χ3n) is 2.75. The van der Waals surface area contributed by atoms with Crippen LogP contribution in [-0.2, 0) is 0 Å². The Balaban J connectivity index is 4.69. The van der Waals surface area contributed by atoms with Crippen LogP contribution in [0.25, 0.3) is 0 Å². The van der Waals surface area contributed by atoms with Crippen LogP contribution in [0.5, 0.6) is 0 Å². The topological polar surface area (TPSA) is 0 Å². The molecule has 0 rings (SSSR count). The van der Waals surface area contributed by atoms with E-state index in [1.165, 1.54) is 0 Å². The third-order valence-corrected chi connectivity index (χ3v) is 13.4. The second kappa shape index (κ2) is 7.37. The van der Waals surface area contributed by atoms with E-state index < -0.39 is 6.29 Å². The van der Waals surface area contributed by atoms with Gasteiger partial charge in [-0.25, -0.2) is 0 Å². The van der Waals surface area contributed by atoms with Crippen LogP contribution in [0.4, 0.5) is 0 Å². The average molecular weight is 318 g/mol. The van der Waals surface area contributed by atoms with E-state index in [1.807, 2.05) is 0 Å². The van der Waals surface area contributed by atoms with E-state index in [-0.39, 0.29) is 0 Å². The number of hydrogen-bond acceptors (Lipinski definition) is 0. The van der Waals surface area contributed by atoms with Crippen molar-refractivity contribution in [1.82, 2.24) is 0 Å². The van der Waals surface area contributed by atoms with Gasteiger partial charge in [0, 0.05) is 0 Å². The maximum absolute atomic E-state index is 5.87. The molecule has 0 radical (unpaired) electrons. The first-order valence-corrected chi connectivity index (χ1v) is 11.3. The molecule has 0 bridgehead atoms. The van der Waals surface area contributed by atoms with E-state index in [1.54, 1.807) is 0 Å². The quantitative estimate of drug-likeness (QED) is 0.463. The molecule has 0 fully saturated rings. The minimum absolute atomic E-state index is 0.673. The molecule has 0 aliphatic rings. The molecule has 14 heavy (non-hydrogen) atoms. The Morgan fingerprint density at radius 3 is 1.00 bits per heavy atom. The number of rotatable bonds is 8. The molecule has 1 unspecified atom stereocenters. The van der Waals surface area contributed by atoms with E-state index in [0.717, 1.165) is 24.6 Å². The summed E-state index contributed by atoms with van der Waals surface area (Å²) in [6, 6.07) is 0. The molecule has 0 aromatic carbocycles. The van der Waals surface area contributed by atoms with E-state index in [9.17, 15) is 0 Å². The molecule has 0 saturated heterocycles. The zero-order chi connectivity index (χ0) is 11.1. The van der Waals surface area contributed by atoms with Crippen LogP contribution in [0.15, 0.2) is 0 Å². The van der Waals surface area contributed by atoms with Gasteiger partial charge in [-0.15, -0.1) is 0 Å². The van der Waals surface area contributed by atoms with Crippen molar-refractivity contribution in [1.29, 1.82) is 0 Å². The molecule has 1 atom stereocenters. The van der Waals surface area contributed by atoms with Gasteiger partial charge in [-0.1, -0.05) is 0 Å². The van der Waals surface area contributed by atoms with Gasteiger partial charge in [-0.05, 0) is 0 Å². The van der Waals surface area contributed by atoms with Crippen LogP contribution in [0, 0.1) is 0 Å². The van der Waals surface area contributed by atoms with Crippen molar-refractivity contribution in [2.45, 2.75) is 0 Å². The Morgan fingerprint density at radius 2 is 0.857 bits per heavy atom. The average Bonchev–Trinajstić information content (AvgIpc) is 2.05. The molecule has 6 heteroatoms. The summed E-state index contributed by atoms with van der Waals surface area (Å²) in [5, 5.41) is 0. The molecule has 0 aliphatic carbocycles. The molecule has 0 spiro atoms. The fourth-order valence-electron chi connectivity index (χ4n) is 1.58. The van der Waals surface area contributed by atoms with E-state index in [2.05, 4.69) is 8.93 Å². The zero-order valence-corrected chi connectivity index (χ0v) is 13.3. The van der Waals surface area contributed by atoms with Gasteiger partial charge in [0.1, 0.15) is 0 Å². The summed E-state index contributed by atoms with van der Waals surface area (Å²) in [6.07, 6.45) is 2.19. The predicted molar refractivity (Wildman–Crippen MR) is 79.0 cm³/mol. The van der Waals surface area contributed by atoms with Crippen molar-refractivity contribution in [3.05, 3.63) is 0 Å². The van der Waals surface area contributed by atoms with Gasteiger partial charge in [-0.2, -0.15) is 0 Å². The van der Waals surface area contributed by atoms with Gasteiger partial charge >= 0.3 is 110 Å². The second-order valence-corrected chi connectivity index (χ2v) is 15.5. The number of alkyl halides is 4. The van der Waals surface area contributed by atoms with Crippen LogP contribution in [0.1, 0.15) is 0 Å². The fourth-order valence-corrected chi connectivity index (χ4v) is 13.7. The molecule has 0 aromatic rings. The van der Waals surface area contributed by atoms with Crippen molar-refractivity contribution in [3.63, 3.8) is 0 Å². The summed E-state index contributed by atoms with van der Waals surface area (Å²) < 4.78 is 0. The Morgan fingerprint density at radius 1 is 0.643 bits per heavy atom. The molecule has 0 heterocycles. The first kappa shape index (κ1) is 16.0. The Labute approximate surface area is 109 Å². The Hall–Kier alpha value is 2.02. The van der Waals surface area contributed by atoms with Crippen LogP contribution in [0.3, 0.4) is 0 Å². The Kier molecular flexibility index (Phi) is 8.43. The van der Waals surface area contributed by atoms with Crippen molar-refractivity contribution < 1.29 is 0 Å². The molecule has 0 saturated carbocycles. The SMILES string of the molecule is PP(CCCl)(CCCl)(CCCl)CCCl. The van der Waals surface area contributed by atoms with Crippen molar-refractivity contribution in [2.24, 2.45) is 0 Å². The first-order valence-electron chi connectivity index (χ1n) is 4.59. The third kappa shape index (κ3) is 4.90. The molecule has 0 aromatic heterocycles. The van der Waals surface area contributed by atoms with Crippen LogP contribution in [-0.4, -0.2) is 48.2 Å². The summed E-state index contributed by atoms with van der Waals surface area (Å²) in [6.45, 7) is 0. The number of halogens is 4. The summed E-state index contributed by atoms with van der Waals surface area (Å²) in [7, 11) is 3.05. The van der Waals surface area contributed by atoms with Crippen LogP contribution in [0.2, 0.25) is 0 Å². The standard InChI is InChI=1S/C8H18Cl4P2/c9-1-5-14(13,6-2-10,7-3-11)8-4-12/h1-8,13H2. The molecule has 88 valence electrons. The predicted octanol–water partition coefficient (Wildman–Crippen LogP) is 4.29. The van der Waals surface area contributed by atoms with Gasteiger partial charge in [0.25, 0.3) is 0 Å². The van der Waals surface area contributed by atoms with Gasteiger partial charge in [0.05, 0.1) is 0 Å². The van der Waals surface area contributed by atoms with E-state index in [4.69, 9.17) is 46.4 Å². The normalized spacial score (nSPS) is 15.1. The number of hydrogen-bond donors (Lipinski definition) is 0. The maximum atomic E-state index is 5.87. The van der Waals surface area contributed by atoms with Crippen molar-refractivity contribution in [2.75, 3.05) is 48.2 Å². The summed E-state index contributed by atoms with van der Waals surface area (Å²) in [5.74, 6) is 2.69. The van der Waals surface area contributed by atoms with Crippen molar-refractivity contribution >= 4 is 61.6 Å². The van der Waals surface area contributed by atoms with Crippen molar-refractivity contribution in [3.8, 4) is 0 Å². The van der Waals surface area contributed by atoms with Gasteiger partial charge < -0.3 is 0 Å². The first-order chi connectivity index (χ1) is 6.54. The van der Waals surface area contributed by atoms with Gasteiger partial charge in [-0.3, -0.25) is 0 Å². The molecule has 0 N–H and O–H groups in total. The molecule has 0 aliphatic heterocycles. The van der Waals surface area contributed by atoms with Gasteiger partial charge in [0.2, 0.25) is 0 Å². The second-order valence-electron chi connectivity index (χ2n) is 3.72. The Bertz CT molecular complexity index is 130. The zero-order valence-electron chi connectivity index (χ0n) is 8.19. The minimum atomic E-state index is -1.88. The van der Waals surface area contributed by atoms with Gasteiger partial charge in [0.15, 0.2) is 0 Å². The fraction of sp³-hybridized carbons (Fsp3) is 1.00. The summed E-state index contributed by atoms with van der Waals surface area (Å²) in [4.78, 5) is 0. The molecule has 0 nitrogen and oxygen atoms in total. The summed E-state index contributed by atoms with van der Waals surface area (Å²) >= 11 is 23.5. The van der Waals surface area contributed by atoms with Crippen LogP contribution >= 0.6 is 61.6 Å². The molecule has 0 amide bonds. The van der Waals surface area contributed by atoms with E-state index >= 15 is 0 Å².